The molecule has 0 atom stereocenters. The molecule has 0 saturated carbocycles. The summed E-state index contributed by atoms with van der Waals surface area (Å²) >= 11 is 0. The highest BCUT2D eigenvalue weighted by molar-refractivity contribution is 5.95. The van der Waals surface area contributed by atoms with Crippen LogP contribution in [0.5, 0.6) is 17.2 Å². The molecule has 0 spiro atoms. The van der Waals surface area contributed by atoms with E-state index in [-0.39, 0.29) is 18.0 Å². The first kappa shape index (κ1) is 27.7. The number of rotatable bonds is 12. The number of hydrogen-bond donors (Lipinski definition) is 1. The van der Waals surface area contributed by atoms with Crippen LogP contribution in [0.25, 0.3) is 21.8 Å². The Hall–Kier alpha value is -4.86. The molecule has 0 radical (unpaired) electrons. The maximum absolute atomic E-state index is 13.3. The SMILES string of the molecule is CCOc1cc(C(=O)NCCn2ncc3c(=O)n(Cc4cccc5ccccc45)cnc32)cc(OCC)c1OCC. The van der Waals surface area contributed by atoms with E-state index in [4.69, 9.17) is 14.2 Å². The Morgan fingerprint density at radius 3 is 2.34 bits per heavy atom. The number of fused-ring (bicyclic) bond motifs is 2. The van der Waals surface area contributed by atoms with E-state index in [2.05, 4.69) is 33.6 Å². The summed E-state index contributed by atoms with van der Waals surface area (Å²) in [6.07, 6.45) is 3.08. The van der Waals surface area contributed by atoms with Gasteiger partial charge in [0.05, 0.1) is 39.1 Å². The monoisotopic (exact) mass is 555 g/mol. The Morgan fingerprint density at radius 1 is 0.902 bits per heavy atom. The average molecular weight is 556 g/mol. The average Bonchev–Trinajstić information content (AvgIpc) is 3.40. The van der Waals surface area contributed by atoms with Crippen LogP contribution in [0, 0.1) is 0 Å². The zero-order chi connectivity index (χ0) is 28.8. The van der Waals surface area contributed by atoms with Crippen molar-refractivity contribution in [1.29, 1.82) is 0 Å². The molecule has 3 aromatic carbocycles. The van der Waals surface area contributed by atoms with Gasteiger partial charge in [-0.05, 0) is 49.2 Å². The van der Waals surface area contributed by atoms with E-state index >= 15 is 0 Å². The van der Waals surface area contributed by atoms with Gasteiger partial charge < -0.3 is 19.5 Å². The number of ether oxygens (including phenoxy) is 3. The molecular formula is C31H33N5O5. The minimum Gasteiger partial charge on any atom is -0.490 e. The topological polar surface area (TPSA) is 110 Å². The molecule has 0 fully saturated rings. The number of nitrogens with zero attached hydrogens (tertiary/aromatic N) is 4. The van der Waals surface area contributed by atoms with Crippen LogP contribution in [0.15, 0.2) is 71.9 Å². The zero-order valence-corrected chi connectivity index (χ0v) is 23.4. The van der Waals surface area contributed by atoms with Crippen molar-refractivity contribution in [1.82, 2.24) is 24.6 Å². The van der Waals surface area contributed by atoms with Gasteiger partial charge in [0, 0.05) is 12.1 Å². The van der Waals surface area contributed by atoms with Crippen LogP contribution in [0.2, 0.25) is 0 Å². The molecule has 0 aliphatic rings. The predicted molar refractivity (Wildman–Crippen MR) is 157 cm³/mol. The summed E-state index contributed by atoms with van der Waals surface area (Å²) in [7, 11) is 0. The Morgan fingerprint density at radius 2 is 1.61 bits per heavy atom. The Kier molecular flexibility index (Phi) is 8.47. The molecule has 2 heterocycles. The molecule has 0 aliphatic heterocycles. The van der Waals surface area contributed by atoms with Gasteiger partial charge in [-0.25, -0.2) is 9.67 Å². The number of nitrogens with one attached hydrogen (secondary N) is 1. The number of aromatic nitrogens is 4. The molecular weight excluding hydrogens is 522 g/mol. The van der Waals surface area contributed by atoms with Gasteiger partial charge in [-0.1, -0.05) is 42.5 Å². The molecule has 1 amide bonds. The summed E-state index contributed by atoms with van der Waals surface area (Å²) in [5.74, 6) is 1.09. The van der Waals surface area contributed by atoms with E-state index in [1.165, 1.54) is 6.20 Å². The van der Waals surface area contributed by atoms with E-state index in [1.54, 1.807) is 27.7 Å². The van der Waals surface area contributed by atoms with Crippen molar-refractivity contribution in [3.05, 3.63) is 88.6 Å². The van der Waals surface area contributed by atoms with E-state index in [9.17, 15) is 9.59 Å². The largest absolute Gasteiger partial charge is 0.490 e. The minimum absolute atomic E-state index is 0.167. The van der Waals surface area contributed by atoms with Gasteiger partial charge in [-0.2, -0.15) is 5.10 Å². The van der Waals surface area contributed by atoms with Gasteiger partial charge >= 0.3 is 0 Å². The van der Waals surface area contributed by atoms with Crippen LogP contribution in [0.3, 0.4) is 0 Å². The molecule has 0 saturated heterocycles. The third-order valence-corrected chi connectivity index (χ3v) is 6.62. The van der Waals surface area contributed by atoms with Gasteiger partial charge in [0.15, 0.2) is 17.1 Å². The highest BCUT2D eigenvalue weighted by Gasteiger charge is 2.19. The molecule has 5 rings (SSSR count). The third-order valence-electron chi connectivity index (χ3n) is 6.62. The molecule has 10 nitrogen and oxygen atoms in total. The maximum Gasteiger partial charge on any atom is 0.264 e. The third kappa shape index (κ3) is 5.86. The molecule has 0 aliphatic carbocycles. The van der Waals surface area contributed by atoms with Crippen molar-refractivity contribution in [2.45, 2.75) is 33.9 Å². The Labute approximate surface area is 237 Å². The first-order valence-corrected chi connectivity index (χ1v) is 13.8. The van der Waals surface area contributed by atoms with Crippen molar-refractivity contribution >= 4 is 27.7 Å². The Balaban J connectivity index is 1.30. The molecule has 2 aromatic heterocycles. The standard InChI is InChI=1S/C31H33N5O5/c1-4-39-26-16-23(17-27(40-5-2)28(26)41-6-3)30(37)32-14-15-36-29-25(18-34-36)31(38)35(20-33-29)19-22-12-9-11-21-10-7-8-13-24(21)22/h7-13,16-18,20H,4-6,14-15,19H2,1-3H3,(H,32,37). The molecule has 5 aromatic rings. The van der Waals surface area contributed by atoms with Crippen molar-refractivity contribution in [3.63, 3.8) is 0 Å². The molecule has 212 valence electrons. The fourth-order valence-corrected chi connectivity index (χ4v) is 4.78. The highest BCUT2D eigenvalue weighted by atomic mass is 16.5. The summed E-state index contributed by atoms with van der Waals surface area (Å²) in [6.45, 7) is 7.89. The van der Waals surface area contributed by atoms with Gasteiger partial charge in [-0.3, -0.25) is 14.2 Å². The van der Waals surface area contributed by atoms with Gasteiger partial charge in [0.25, 0.3) is 11.5 Å². The first-order chi connectivity index (χ1) is 20.0. The van der Waals surface area contributed by atoms with E-state index in [0.717, 1.165) is 16.3 Å². The van der Waals surface area contributed by atoms with Crippen LogP contribution >= 0.6 is 0 Å². The molecule has 1 N–H and O–H groups in total. The van der Waals surface area contributed by atoms with Crippen molar-refractivity contribution in [3.8, 4) is 17.2 Å². The summed E-state index contributed by atoms with van der Waals surface area (Å²) in [5, 5.41) is 9.92. The number of hydrogen-bond acceptors (Lipinski definition) is 7. The first-order valence-electron chi connectivity index (χ1n) is 13.8. The summed E-state index contributed by atoms with van der Waals surface area (Å²) < 4.78 is 20.4. The van der Waals surface area contributed by atoms with Crippen molar-refractivity contribution < 1.29 is 19.0 Å². The van der Waals surface area contributed by atoms with Crippen LogP contribution in [0.1, 0.15) is 36.7 Å². The number of carbonyl (C=O) groups is 1. The van der Waals surface area contributed by atoms with Gasteiger partial charge in [0.1, 0.15) is 11.7 Å². The second kappa shape index (κ2) is 12.5. The molecule has 41 heavy (non-hydrogen) atoms. The van der Waals surface area contributed by atoms with Crippen LogP contribution in [-0.4, -0.2) is 51.6 Å². The highest BCUT2D eigenvalue weighted by Crippen LogP contribution is 2.39. The van der Waals surface area contributed by atoms with E-state index in [0.29, 0.717) is 66.8 Å². The maximum atomic E-state index is 13.3. The van der Waals surface area contributed by atoms with Crippen molar-refractivity contribution in [2.24, 2.45) is 0 Å². The van der Waals surface area contributed by atoms with Crippen LogP contribution in [0.4, 0.5) is 0 Å². The summed E-state index contributed by atoms with van der Waals surface area (Å²) in [5.41, 5.74) is 1.73. The second-order valence-corrected chi connectivity index (χ2v) is 9.28. The lowest BCUT2D eigenvalue weighted by molar-refractivity contribution is 0.0951. The molecule has 0 bridgehead atoms. The van der Waals surface area contributed by atoms with Crippen LogP contribution < -0.4 is 25.1 Å². The quantitative estimate of drug-likeness (QED) is 0.243. The molecule has 0 unspecified atom stereocenters. The zero-order valence-electron chi connectivity index (χ0n) is 23.4. The van der Waals surface area contributed by atoms with Crippen molar-refractivity contribution in [2.75, 3.05) is 26.4 Å². The predicted octanol–water partition coefficient (Wildman–Crippen LogP) is 4.42. The minimum atomic E-state index is -0.295. The molecule has 10 heteroatoms. The second-order valence-electron chi connectivity index (χ2n) is 9.28. The Bertz CT molecular complexity index is 1710. The lowest BCUT2D eigenvalue weighted by Gasteiger charge is -2.17. The fourth-order valence-electron chi connectivity index (χ4n) is 4.78. The van der Waals surface area contributed by atoms with E-state index < -0.39 is 0 Å². The van der Waals surface area contributed by atoms with E-state index in [1.807, 2.05) is 45.0 Å². The smallest absolute Gasteiger partial charge is 0.264 e. The van der Waals surface area contributed by atoms with Gasteiger partial charge in [0.2, 0.25) is 5.75 Å². The van der Waals surface area contributed by atoms with Gasteiger partial charge in [-0.15, -0.1) is 0 Å². The normalized spacial score (nSPS) is 11.1. The summed E-state index contributed by atoms with van der Waals surface area (Å²) in [6, 6.07) is 17.5. The van der Waals surface area contributed by atoms with Crippen LogP contribution in [-0.2, 0) is 13.1 Å². The number of amides is 1. The fraction of sp³-hybridized carbons (Fsp3) is 0.290. The lowest BCUT2D eigenvalue weighted by Crippen LogP contribution is -2.28. The lowest BCUT2D eigenvalue weighted by atomic mass is 10.0. The summed E-state index contributed by atoms with van der Waals surface area (Å²) in [4.78, 5) is 30.8. The number of carbonyl (C=O) groups excluding carboxylic acids is 1. The number of benzene rings is 3.